The number of pyridine rings is 1. The number of ether oxygens (including phenoxy) is 1. The van der Waals surface area contributed by atoms with Crippen molar-refractivity contribution < 1.29 is 9.53 Å². The van der Waals surface area contributed by atoms with E-state index < -0.39 is 17.8 Å². The summed E-state index contributed by atoms with van der Waals surface area (Å²) >= 11 is 12.8. The molecule has 0 amide bonds. The summed E-state index contributed by atoms with van der Waals surface area (Å²) in [5.74, 6) is -1.79. The van der Waals surface area contributed by atoms with Crippen molar-refractivity contribution >= 4 is 40.6 Å². The van der Waals surface area contributed by atoms with E-state index in [1.54, 1.807) is 42.8 Å². The number of halogens is 2. The van der Waals surface area contributed by atoms with Gasteiger partial charge in [0.2, 0.25) is 0 Å². The summed E-state index contributed by atoms with van der Waals surface area (Å²) in [5, 5.41) is 0.697. The number of rotatable bonds is 5. The standard InChI is InChI=1S/C21H22Cl2N2O3/c1-4-10-25-11-9-15-18(20(25)26)17(13-7-6-8-14(22)19(13)23)16(12(3)24-15)21(27)28-5-2/h6-9,11,16-17H,4-5,10H2,1-3H3. The number of nitrogens with zero attached hydrogens (tertiary/aromatic N) is 2. The van der Waals surface area contributed by atoms with Crippen LogP contribution in [0.1, 0.15) is 44.2 Å². The van der Waals surface area contributed by atoms with E-state index in [0.717, 1.165) is 6.42 Å². The maximum atomic E-state index is 13.3. The van der Waals surface area contributed by atoms with E-state index in [-0.39, 0.29) is 12.2 Å². The number of aryl methyl sites for hydroxylation is 1. The molecule has 1 aliphatic rings. The van der Waals surface area contributed by atoms with Gasteiger partial charge in [0.05, 0.1) is 27.9 Å². The minimum Gasteiger partial charge on any atom is -0.465 e. The van der Waals surface area contributed by atoms with Gasteiger partial charge in [-0.05, 0) is 38.0 Å². The van der Waals surface area contributed by atoms with Crippen LogP contribution in [0.5, 0.6) is 0 Å². The fourth-order valence-electron chi connectivity index (χ4n) is 3.69. The third kappa shape index (κ3) is 3.61. The molecule has 5 nitrogen and oxygen atoms in total. The first-order chi connectivity index (χ1) is 13.4. The third-order valence-corrected chi connectivity index (χ3v) is 5.73. The van der Waals surface area contributed by atoms with E-state index in [1.165, 1.54) is 0 Å². The third-order valence-electron chi connectivity index (χ3n) is 4.89. The molecule has 1 aromatic heterocycles. The molecule has 0 spiro atoms. The van der Waals surface area contributed by atoms with Crippen LogP contribution in [-0.2, 0) is 16.1 Å². The van der Waals surface area contributed by atoms with Gasteiger partial charge in [-0.25, -0.2) is 0 Å². The fraction of sp³-hybridized carbons (Fsp3) is 0.381. The molecule has 0 bridgehead atoms. The number of fused-ring (bicyclic) bond motifs is 1. The molecule has 2 heterocycles. The molecule has 1 aromatic carbocycles. The van der Waals surface area contributed by atoms with E-state index in [2.05, 4.69) is 4.99 Å². The second kappa shape index (κ2) is 8.50. The lowest BCUT2D eigenvalue weighted by Gasteiger charge is -2.31. The minimum atomic E-state index is -0.742. The van der Waals surface area contributed by atoms with Crippen molar-refractivity contribution in [2.45, 2.75) is 39.7 Å². The summed E-state index contributed by atoms with van der Waals surface area (Å²) in [6.07, 6.45) is 2.55. The first-order valence-corrected chi connectivity index (χ1v) is 10.0. The van der Waals surface area contributed by atoms with Crippen LogP contribution in [-0.4, -0.2) is 22.9 Å². The van der Waals surface area contributed by atoms with Crippen LogP contribution in [0, 0.1) is 5.92 Å². The molecule has 7 heteroatoms. The molecule has 0 N–H and O–H groups in total. The molecule has 2 unspecified atom stereocenters. The number of esters is 1. The normalized spacial score (nSPS) is 18.4. The van der Waals surface area contributed by atoms with E-state index in [0.29, 0.717) is 39.1 Å². The van der Waals surface area contributed by atoms with Gasteiger partial charge in [-0.1, -0.05) is 42.3 Å². The molecule has 1 aliphatic heterocycles. The van der Waals surface area contributed by atoms with Crippen molar-refractivity contribution in [3.63, 3.8) is 0 Å². The van der Waals surface area contributed by atoms with Crippen LogP contribution in [0.15, 0.2) is 40.2 Å². The monoisotopic (exact) mass is 420 g/mol. The lowest BCUT2D eigenvalue weighted by atomic mass is 9.76. The lowest BCUT2D eigenvalue weighted by Crippen LogP contribution is -2.38. The van der Waals surface area contributed by atoms with Gasteiger partial charge in [0.15, 0.2) is 0 Å². The molecular formula is C21H22Cl2N2O3. The molecule has 3 rings (SSSR count). The summed E-state index contributed by atoms with van der Waals surface area (Å²) in [6, 6.07) is 7.05. The van der Waals surface area contributed by atoms with Crippen molar-refractivity contribution in [2.75, 3.05) is 6.61 Å². The Morgan fingerprint density at radius 1 is 1.25 bits per heavy atom. The smallest absolute Gasteiger partial charge is 0.315 e. The van der Waals surface area contributed by atoms with Crippen LogP contribution in [0.2, 0.25) is 10.0 Å². The van der Waals surface area contributed by atoms with Gasteiger partial charge in [-0.15, -0.1) is 0 Å². The Balaban J connectivity index is 2.31. The van der Waals surface area contributed by atoms with Gasteiger partial charge in [-0.2, -0.15) is 0 Å². The number of carbonyl (C=O) groups is 1. The van der Waals surface area contributed by atoms with E-state index >= 15 is 0 Å². The van der Waals surface area contributed by atoms with Gasteiger partial charge < -0.3 is 9.30 Å². The Morgan fingerprint density at radius 2 is 2.00 bits per heavy atom. The van der Waals surface area contributed by atoms with Crippen LogP contribution in [0.25, 0.3) is 0 Å². The Kier molecular flexibility index (Phi) is 6.26. The van der Waals surface area contributed by atoms with Crippen molar-refractivity contribution in [1.29, 1.82) is 0 Å². The second-order valence-corrected chi connectivity index (χ2v) is 7.50. The zero-order valence-electron chi connectivity index (χ0n) is 16.0. The first-order valence-electron chi connectivity index (χ1n) is 9.29. The number of hydrogen-bond donors (Lipinski definition) is 0. The van der Waals surface area contributed by atoms with E-state index in [4.69, 9.17) is 27.9 Å². The Hall–Kier alpha value is -2.11. The van der Waals surface area contributed by atoms with Crippen LogP contribution in [0.4, 0.5) is 5.69 Å². The van der Waals surface area contributed by atoms with Crippen LogP contribution < -0.4 is 5.56 Å². The summed E-state index contributed by atoms with van der Waals surface area (Å²) < 4.78 is 6.94. The van der Waals surface area contributed by atoms with Gasteiger partial charge in [0.25, 0.3) is 5.56 Å². The molecule has 148 valence electrons. The highest BCUT2D eigenvalue weighted by Crippen LogP contribution is 2.44. The number of benzene rings is 1. The maximum absolute atomic E-state index is 13.3. The summed E-state index contributed by atoms with van der Waals surface area (Å²) in [7, 11) is 0. The minimum absolute atomic E-state index is 0.175. The summed E-state index contributed by atoms with van der Waals surface area (Å²) in [5.41, 5.74) is 2.03. The second-order valence-electron chi connectivity index (χ2n) is 6.72. The zero-order chi connectivity index (χ0) is 20.4. The van der Waals surface area contributed by atoms with Crippen molar-refractivity contribution in [1.82, 2.24) is 4.57 Å². The van der Waals surface area contributed by atoms with Crippen molar-refractivity contribution in [3.05, 3.63) is 62.0 Å². The quantitative estimate of drug-likeness (QED) is 0.640. The number of aromatic nitrogens is 1. The zero-order valence-corrected chi connectivity index (χ0v) is 17.5. The highest BCUT2D eigenvalue weighted by Gasteiger charge is 2.41. The van der Waals surface area contributed by atoms with Gasteiger partial charge in [0.1, 0.15) is 5.92 Å². The molecular weight excluding hydrogens is 399 g/mol. The molecule has 0 radical (unpaired) electrons. The SMILES string of the molecule is CCCn1ccc2c(c1=O)C(c1cccc(Cl)c1Cl)C(C(=O)OCC)C(C)=N2. The average molecular weight is 421 g/mol. The first kappa shape index (κ1) is 20.6. The average Bonchev–Trinajstić information content (AvgIpc) is 2.65. The topological polar surface area (TPSA) is 60.7 Å². The van der Waals surface area contributed by atoms with Gasteiger partial charge >= 0.3 is 5.97 Å². The fourth-order valence-corrected chi connectivity index (χ4v) is 4.12. The predicted octanol–water partition coefficient (Wildman–Crippen LogP) is 4.98. The van der Waals surface area contributed by atoms with E-state index in [9.17, 15) is 9.59 Å². The molecule has 0 fully saturated rings. The van der Waals surface area contributed by atoms with Crippen molar-refractivity contribution in [2.24, 2.45) is 10.9 Å². The highest BCUT2D eigenvalue weighted by molar-refractivity contribution is 6.42. The Morgan fingerprint density at radius 3 is 2.68 bits per heavy atom. The molecule has 0 saturated heterocycles. The largest absolute Gasteiger partial charge is 0.465 e. The predicted molar refractivity (Wildman–Crippen MR) is 112 cm³/mol. The molecule has 0 saturated carbocycles. The highest BCUT2D eigenvalue weighted by atomic mass is 35.5. The van der Waals surface area contributed by atoms with Crippen LogP contribution in [0.3, 0.4) is 0 Å². The Labute approximate surface area is 174 Å². The van der Waals surface area contributed by atoms with Gasteiger partial charge in [0, 0.05) is 24.4 Å². The van der Waals surface area contributed by atoms with Crippen molar-refractivity contribution in [3.8, 4) is 0 Å². The maximum Gasteiger partial charge on any atom is 0.315 e. The van der Waals surface area contributed by atoms with Crippen LogP contribution >= 0.6 is 23.2 Å². The lowest BCUT2D eigenvalue weighted by molar-refractivity contribution is -0.146. The molecule has 2 atom stereocenters. The summed E-state index contributed by atoms with van der Waals surface area (Å²) in [6.45, 7) is 6.33. The number of aliphatic imine (C=N–C) groups is 1. The van der Waals surface area contributed by atoms with Gasteiger partial charge in [-0.3, -0.25) is 14.6 Å². The number of carbonyl (C=O) groups excluding carboxylic acids is 1. The molecule has 28 heavy (non-hydrogen) atoms. The molecule has 0 aliphatic carbocycles. The number of hydrogen-bond acceptors (Lipinski definition) is 4. The Bertz CT molecular complexity index is 998. The molecule has 2 aromatic rings. The van der Waals surface area contributed by atoms with E-state index in [1.807, 2.05) is 13.0 Å². The summed E-state index contributed by atoms with van der Waals surface area (Å²) in [4.78, 5) is 30.7.